The van der Waals surface area contributed by atoms with Crippen LogP contribution in [-0.2, 0) is 16.1 Å². The number of phenolic OH excluding ortho intramolecular Hbond substituents is 1. The Kier molecular flexibility index (Phi) is 4.10. The third-order valence-corrected chi connectivity index (χ3v) is 5.24. The topological polar surface area (TPSA) is 59.0 Å². The molecule has 0 spiro atoms. The van der Waals surface area contributed by atoms with Gasteiger partial charge in [-0.15, -0.1) is 0 Å². The van der Waals surface area contributed by atoms with Gasteiger partial charge in [-0.2, -0.15) is 0 Å². The summed E-state index contributed by atoms with van der Waals surface area (Å²) < 4.78 is 11.8. The van der Waals surface area contributed by atoms with Gasteiger partial charge in [0.25, 0.3) is 0 Å². The first-order valence-electron chi connectivity index (χ1n) is 7.34. The number of methoxy groups -OCH3 is 1. The molecule has 1 aromatic rings. The van der Waals surface area contributed by atoms with Crippen molar-refractivity contribution in [2.75, 3.05) is 7.11 Å². The number of benzene rings is 1. The number of hydrogen-bond acceptors (Lipinski definition) is 4. The number of hydrogen-bond donors (Lipinski definition) is 1. The summed E-state index contributed by atoms with van der Waals surface area (Å²) >= 11 is 3.46. The fourth-order valence-corrected chi connectivity index (χ4v) is 3.45. The number of nitrogens with zero attached hydrogens (tertiary/aromatic N) is 1. The highest BCUT2D eigenvalue weighted by Crippen LogP contribution is 2.41. The van der Waals surface area contributed by atoms with Crippen LogP contribution in [0.1, 0.15) is 18.9 Å². The van der Waals surface area contributed by atoms with Crippen LogP contribution in [0.4, 0.5) is 0 Å². The number of carbonyl (C=O) groups is 1. The molecule has 0 unspecified atom stereocenters. The fourth-order valence-electron chi connectivity index (χ4n) is 3.00. The van der Waals surface area contributed by atoms with Gasteiger partial charge in [0.05, 0.1) is 13.2 Å². The van der Waals surface area contributed by atoms with Crippen LogP contribution in [0.3, 0.4) is 0 Å². The highest BCUT2D eigenvalue weighted by atomic mass is 79.9. The minimum absolute atomic E-state index is 0.0456. The normalized spacial score (nSPS) is 22.5. The van der Waals surface area contributed by atoms with E-state index in [1.807, 2.05) is 25.2 Å². The van der Waals surface area contributed by atoms with Crippen molar-refractivity contribution in [2.45, 2.75) is 31.5 Å². The summed E-state index contributed by atoms with van der Waals surface area (Å²) in [6.45, 7) is 2.33. The number of halogens is 1. The van der Waals surface area contributed by atoms with Gasteiger partial charge in [-0.25, -0.2) is 0 Å². The minimum Gasteiger partial charge on any atom is -0.504 e. The van der Waals surface area contributed by atoms with Crippen molar-refractivity contribution >= 4 is 22.3 Å². The molecule has 1 amide bonds. The fraction of sp³-hybridized carbons (Fsp3) is 0.353. The lowest BCUT2D eigenvalue weighted by Gasteiger charge is -2.36. The third-order valence-electron chi connectivity index (χ3n) is 4.50. The lowest BCUT2D eigenvalue weighted by atomic mass is 9.90. The molecule has 2 bridgehead atoms. The molecule has 0 saturated carbocycles. The molecule has 1 N–H and O–H groups in total. The Morgan fingerprint density at radius 2 is 2.35 bits per heavy atom. The number of carbonyl (C=O) groups excluding carboxylic acids is 1. The maximum Gasteiger partial charge on any atom is 0.210 e. The molecule has 2 aliphatic rings. The molecule has 2 heterocycles. The summed E-state index contributed by atoms with van der Waals surface area (Å²) in [4.78, 5) is 13.3. The second-order valence-electron chi connectivity index (χ2n) is 5.77. The van der Waals surface area contributed by atoms with E-state index in [0.29, 0.717) is 12.3 Å². The molecule has 5 nitrogen and oxygen atoms in total. The van der Waals surface area contributed by atoms with Crippen molar-refractivity contribution in [1.82, 2.24) is 4.90 Å². The Labute approximate surface area is 143 Å². The van der Waals surface area contributed by atoms with Gasteiger partial charge >= 0.3 is 0 Å². The first-order chi connectivity index (χ1) is 11.0. The van der Waals surface area contributed by atoms with Crippen LogP contribution in [0.15, 0.2) is 40.6 Å². The largest absolute Gasteiger partial charge is 0.504 e. The molecule has 3 rings (SSSR count). The summed E-state index contributed by atoms with van der Waals surface area (Å²) in [7, 11) is 1.49. The van der Waals surface area contributed by atoms with Crippen LogP contribution in [0.5, 0.6) is 11.5 Å². The molecule has 1 aromatic carbocycles. The molecule has 122 valence electrons. The van der Waals surface area contributed by atoms with Gasteiger partial charge in [0, 0.05) is 17.4 Å². The van der Waals surface area contributed by atoms with E-state index in [4.69, 9.17) is 9.47 Å². The Morgan fingerprint density at radius 3 is 2.87 bits per heavy atom. The van der Waals surface area contributed by atoms with E-state index in [0.717, 1.165) is 28.6 Å². The monoisotopic (exact) mass is 379 g/mol. The molecule has 0 saturated heterocycles. The van der Waals surface area contributed by atoms with Crippen molar-refractivity contribution in [1.29, 1.82) is 0 Å². The van der Waals surface area contributed by atoms with Crippen LogP contribution < -0.4 is 4.74 Å². The highest BCUT2D eigenvalue weighted by molar-refractivity contribution is 9.10. The third kappa shape index (κ3) is 2.72. The van der Waals surface area contributed by atoms with E-state index in [9.17, 15) is 9.90 Å². The predicted octanol–water partition coefficient (Wildman–Crippen LogP) is 3.12. The molecule has 6 heteroatoms. The second-order valence-corrected chi connectivity index (χ2v) is 6.62. The molecule has 2 atom stereocenters. The Bertz CT molecular complexity index is 700. The predicted molar refractivity (Wildman–Crippen MR) is 89.1 cm³/mol. The highest BCUT2D eigenvalue weighted by Gasteiger charge is 2.45. The van der Waals surface area contributed by atoms with Gasteiger partial charge < -0.3 is 19.5 Å². The number of ether oxygens (including phenoxy) is 2. The Hall–Kier alpha value is -1.95. The van der Waals surface area contributed by atoms with E-state index in [2.05, 4.69) is 15.9 Å². The zero-order valence-corrected chi connectivity index (χ0v) is 14.5. The van der Waals surface area contributed by atoms with Gasteiger partial charge in [-0.3, -0.25) is 4.79 Å². The Balaban J connectivity index is 1.82. The minimum atomic E-state index is -0.475. The molecular weight excluding hydrogens is 362 g/mol. The summed E-state index contributed by atoms with van der Waals surface area (Å²) in [5.74, 6) is 1.30. The summed E-state index contributed by atoms with van der Waals surface area (Å²) in [5, 5.41) is 9.96. The zero-order chi connectivity index (χ0) is 16.6. The van der Waals surface area contributed by atoms with Crippen LogP contribution >= 0.6 is 15.9 Å². The van der Waals surface area contributed by atoms with Crippen molar-refractivity contribution in [3.8, 4) is 11.5 Å². The summed E-state index contributed by atoms with van der Waals surface area (Å²) in [6, 6.07) is 3.16. The van der Waals surface area contributed by atoms with E-state index in [1.165, 1.54) is 7.11 Å². The standard InChI is InChI=1S/C17H18BrNO4/c1-11(17-5-3-13(23-17)4-6-17)19(10-20)9-12-7-15(21)16(22-2)8-14(12)18/h3-5,7-8,10-11,21H,6,9H2,1-2H3/t11-,17-/m1/s1. The number of aromatic hydroxyl groups is 1. The van der Waals surface area contributed by atoms with Gasteiger partial charge in [0.2, 0.25) is 6.41 Å². The number of rotatable bonds is 6. The van der Waals surface area contributed by atoms with Crippen LogP contribution in [0, 0.1) is 0 Å². The van der Waals surface area contributed by atoms with E-state index in [1.54, 1.807) is 17.0 Å². The number of allylic oxidation sites excluding steroid dienone is 1. The maximum absolute atomic E-state index is 11.6. The van der Waals surface area contributed by atoms with Crippen molar-refractivity contribution < 1.29 is 19.4 Å². The number of phenols is 1. The molecule has 23 heavy (non-hydrogen) atoms. The van der Waals surface area contributed by atoms with E-state index < -0.39 is 5.60 Å². The van der Waals surface area contributed by atoms with Gasteiger partial charge in [0.15, 0.2) is 17.1 Å². The first kappa shape index (κ1) is 15.9. The van der Waals surface area contributed by atoms with E-state index in [-0.39, 0.29) is 11.8 Å². The smallest absolute Gasteiger partial charge is 0.210 e. The van der Waals surface area contributed by atoms with Gasteiger partial charge in [0.1, 0.15) is 5.76 Å². The molecule has 0 aliphatic carbocycles. The molecule has 0 aromatic heterocycles. The van der Waals surface area contributed by atoms with Crippen LogP contribution in [-0.4, -0.2) is 35.2 Å². The van der Waals surface area contributed by atoms with Gasteiger partial charge in [-0.1, -0.05) is 15.9 Å². The summed E-state index contributed by atoms with van der Waals surface area (Å²) in [5.41, 5.74) is 0.323. The van der Waals surface area contributed by atoms with Gasteiger partial charge in [-0.05, 0) is 42.8 Å². The average molecular weight is 380 g/mol. The second kappa shape index (κ2) is 5.92. The first-order valence-corrected chi connectivity index (χ1v) is 8.13. The maximum atomic E-state index is 11.6. The lowest BCUT2D eigenvalue weighted by Crippen LogP contribution is -2.48. The van der Waals surface area contributed by atoms with Crippen molar-refractivity contribution in [3.63, 3.8) is 0 Å². The van der Waals surface area contributed by atoms with Crippen molar-refractivity contribution in [2.24, 2.45) is 0 Å². The van der Waals surface area contributed by atoms with Crippen LogP contribution in [0.25, 0.3) is 0 Å². The molecule has 2 aliphatic heterocycles. The molecule has 0 fully saturated rings. The number of amides is 1. The zero-order valence-electron chi connectivity index (χ0n) is 13.0. The SMILES string of the molecule is COc1cc(Br)c(CN(C=O)[C@H](C)[C@@]23C=CC(=CC2)O3)cc1O. The number of fused-ring (bicyclic) bond motifs is 2. The molecular formula is C17H18BrNO4. The van der Waals surface area contributed by atoms with Crippen molar-refractivity contribution in [3.05, 3.63) is 46.2 Å². The van der Waals surface area contributed by atoms with E-state index >= 15 is 0 Å². The Morgan fingerprint density at radius 1 is 1.57 bits per heavy atom. The van der Waals surface area contributed by atoms with Crippen LogP contribution in [0.2, 0.25) is 0 Å². The molecule has 0 radical (unpaired) electrons. The average Bonchev–Trinajstić information content (AvgIpc) is 3.16. The summed E-state index contributed by atoms with van der Waals surface area (Å²) in [6.07, 6.45) is 7.58. The lowest BCUT2D eigenvalue weighted by molar-refractivity contribution is -0.124. The quantitative estimate of drug-likeness (QED) is 0.771.